The predicted molar refractivity (Wildman–Crippen MR) is 256 cm³/mol. The van der Waals surface area contributed by atoms with E-state index in [0.29, 0.717) is 11.5 Å². The fourth-order valence-electron chi connectivity index (χ4n) is 8.12. The van der Waals surface area contributed by atoms with Crippen LogP contribution in [0.25, 0.3) is 80.8 Å². The van der Waals surface area contributed by atoms with Crippen LogP contribution in [-0.4, -0.2) is 11.5 Å². The Morgan fingerprint density at radius 2 is 1.05 bits per heavy atom. The van der Waals surface area contributed by atoms with Crippen LogP contribution in [0.3, 0.4) is 0 Å². The molecule has 0 unspecified atom stereocenters. The van der Waals surface area contributed by atoms with Crippen molar-refractivity contribution in [1.29, 1.82) is 0 Å². The van der Waals surface area contributed by atoms with Crippen molar-refractivity contribution in [3.8, 4) is 33.4 Å². The Morgan fingerprint density at radius 1 is 0.441 bits per heavy atom. The molecule has 0 atom stereocenters. The second kappa shape index (κ2) is 15.5. The maximum Gasteiger partial charge on any atom is 0.160 e. The molecule has 0 aliphatic heterocycles. The van der Waals surface area contributed by atoms with E-state index in [-0.39, 0.29) is 0 Å². The number of nitrogens with zero attached hydrogens (tertiary/aromatic N) is 2. The van der Waals surface area contributed by atoms with Crippen LogP contribution in [0, 0.1) is 0 Å². The molecule has 0 fully saturated rings. The number of aliphatic imine (C=N–C) groups is 2. The van der Waals surface area contributed by atoms with E-state index in [1.54, 1.807) is 0 Å². The van der Waals surface area contributed by atoms with Gasteiger partial charge in [0.15, 0.2) is 5.84 Å². The number of allylic oxidation sites excluding steroid dienone is 1. The lowest BCUT2D eigenvalue weighted by molar-refractivity contribution is 1.45. The van der Waals surface area contributed by atoms with Gasteiger partial charge in [-0.25, -0.2) is 9.98 Å². The Morgan fingerprint density at radius 3 is 1.85 bits per heavy atom. The van der Waals surface area contributed by atoms with E-state index < -0.39 is 0 Å². The number of hydrogen-bond donors (Lipinski definition) is 0. The van der Waals surface area contributed by atoms with Gasteiger partial charge in [0.05, 0.1) is 11.4 Å². The van der Waals surface area contributed by atoms with Gasteiger partial charge in [-0.15, -0.1) is 11.3 Å². The van der Waals surface area contributed by atoms with E-state index in [2.05, 4.69) is 177 Å². The Labute approximate surface area is 348 Å². The summed E-state index contributed by atoms with van der Waals surface area (Å²) in [7, 11) is 0. The summed E-state index contributed by atoms with van der Waals surface area (Å²) < 4.78 is 2.44. The molecule has 278 valence electrons. The maximum absolute atomic E-state index is 5.30. The molecule has 0 spiro atoms. The average molecular weight is 771 g/mol. The molecule has 0 amide bonds. The van der Waals surface area contributed by atoms with Crippen LogP contribution >= 0.6 is 11.3 Å². The van der Waals surface area contributed by atoms with E-state index in [0.717, 1.165) is 38.9 Å². The molecular weight excluding hydrogens is 733 g/mol. The van der Waals surface area contributed by atoms with Crippen molar-refractivity contribution in [2.45, 2.75) is 0 Å². The summed E-state index contributed by atoms with van der Waals surface area (Å²) in [5.41, 5.74) is 11.3. The summed E-state index contributed by atoms with van der Waals surface area (Å²) in [5, 5.41) is 7.32. The van der Waals surface area contributed by atoms with Gasteiger partial charge in [-0.1, -0.05) is 189 Å². The van der Waals surface area contributed by atoms with Crippen LogP contribution < -0.4 is 0 Å². The van der Waals surface area contributed by atoms with E-state index in [4.69, 9.17) is 9.98 Å². The minimum absolute atomic E-state index is 0.575. The standard InChI is InChI=1S/C56H38N2S/c1-3-51(58-56(42-19-8-5-9-20-42)57-37(2)43-22-14-23-45(34-43)38-16-6-4-7-17-38)50-36-53-55(49-25-13-12-24-48(49)50)54-47(26-15-27-52(54)59-53)41-31-28-40(29-32-41)46-33-30-39-18-10-11-21-44(39)35-46/h3-36H,1-2H2/b57-56-,58-51+. The van der Waals surface area contributed by atoms with Gasteiger partial charge >= 0.3 is 0 Å². The Balaban J connectivity index is 1.08. The molecule has 10 rings (SSSR count). The highest BCUT2D eigenvalue weighted by molar-refractivity contribution is 7.26. The molecule has 0 bridgehead atoms. The molecule has 9 aromatic carbocycles. The Hall–Kier alpha value is -7.46. The average Bonchev–Trinajstić information content (AvgIpc) is 3.70. The predicted octanol–water partition coefficient (Wildman–Crippen LogP) is 15.5. The van der Waals surface area contributed by atoms with Gasteiger partial charge in [-0.2, -0.15) is 0 Å². The molecule has 0 aliphatic carbocycles. The molecule has 10 aromatic rings. The molecule has 0 N–H and O–H groups in total. The van der Waals surface area contributed by atoms with E-state index >= 15 is 0 Å². The third-order valence-electron chi connectivity index (χ3n) is 11.1. The number of fused-ring (bicyclic) bond motifs is 6. The second-order valence-electron chi connectivity index (χ2n) is 14.7. The number of amidine groups is 1. The first-order chi connectivity index (χ1) is 29.1. The molecule has 2 nitrogen and oxygen atoms in total. The molecule has 3 heteroatoms. The van der Waals surface area contributed by atoms with Crippen molar-refractivity contribution in [3.63, 3.8) is 0 Å². The van der Waals surface area contributed by atoms with Crippen molar-refractivity contribution >= 4 is 70.3 Å². The maximum atomic E-state index is 5.30. The van der Waals surface area contributed by atoms with Crippen LogP contribution in [0.4, 0.5) is 0 Å². The highest BCUT2D eigenvalue weighted by atomic mass is 32.1. The third kappa shape index (κ3) is 6.88. The topological polar surface area (TPSA) is 24.7 Å². The highest BCUT2D eigenvalue weighted by Gasteiger charge is 2.18. The zero-order valence-electron chi connectivity index (χ0n) is 32.3. The Kier molecular flexibility index (Phi) is 9.42. The molecule has 1 heterocycles. The number of thiophene rings is 1. The van der Waals surface area contributed by atoms with Crippen LogP contribution in [-0.2, 0) is 0 Å². The van der Waals surface area contributed by atoms with Crippen molar-refractivity contribution in [2.75, 3.05) is 0 Å². The van der Waals surface area contributed by atoms with Crippen molar-refractivity contribution in [3.05, 3.63) is 236 Å². The molecule has 0 saturated heterocycles. The number of benzene rings is 9. The fraction of sp³-hybridized carbons (Fsp3) is 0. The first-order valence-electron chi connectivity index (χ1n) is 19.8. The van der Waals surface area contributed by atoms with Gasteiger partial charge in [-0.3, -0.25) is 0 Å². The molecule has 0 aliphatic rings. The number of hydrogen-bond acceptors (Lipinski definition) is 2. The lowest BCUT2D eigenvalue weighted by Gasteiger charge is -2.12. The fourth-order valence-corrected chi connectivity index (χ4v) is 9.31. The normalized spacial score (nSPS) is 12.1. The van der Waals surface area contributed by atoms with E-state index in [1.807, 2.05) is 53.8 Å². The van der Waals surface area contributed by atoms with Gasteiger partial charge in [0.2, 0.25) is 0 Å². The van der Waals surface area contributed by atoms with Crippen LogP contribution in [0.15, 0.2) is 229 Å². The van der Waals surface area contributed by atoms with Gasteiger partial charge < -0.3 is 0 Å². The van der Waals surface area contributed by atoms with E-state index in [1.165, 1.54) is 58.6 Å². The summed E-state index contributed by atoms with van der Waals surface area (Å²) in [4.78, 5) is 10.4. The molecule has 59 heavy (non-hydrogen) atoms. The summed E-state index contributed by atoms with van der Waals surface area (Å²) in [6.45, 7) is 8.72. The summed E-state index contributed by atoms with van der Waals surface area (Å²) >= 11 is 1.82. The zero-order chi connectivity index (χ0) is 39.7. The summed E-state index contributed by atoms with van der Waals surface area (Å²) in [6, 6.07) is 70.7. The first-order valence-corrected chi connectivity index (χ1v) is 20.6. The zero-order valence-corrected chi connectivity index (χ0v) is 33.2. The summed E-state index contributed by atoms with van der Waals surface area (Å²) in [6.07, 6.45) is 1.85. The second-order valence-corrected chi connectivity index (χ2v) is 15.7. The first kappa shape index (κ1) is 35.9. The van der Waals surface area contributed by atoms with Crippen LogP contribution in [0.5, 0.6) is 0 Å². The minimum Gasteiger partial charge on any atom is -0.229 e. The van der Waals surface area contributed by atoms with Gasteiger partial charge in [0.1, 0.15) is 0 Å². The SMILES string of the molecule is C=C/C(=N\C(=N/C(=C)c1cccc(-c2ccccc2)c1)c1ccccc1)c1cc2sc3cccc(-c4ccc(-c5ccc6ccccc6c5)cc4)c3c2c2ccccc12. The molecule has 0 radical (unpaired) electrons. The highest BCUT2D eigenvalue weighted by Crippen LogP contribution is 2.44. The lowest BCUT2D eigenvalue weighted by Crippen LogP contribution is -2.06. The molecule has 1 aromatic heterocycles. The van der Waals surface area contributed by atoms with E-state index in [9.17, 15) is 0 Å². The largest absolute Gasteiger partial charge is 0.229 e. The summed E-state index contributed by atoms with van der Waals surface area (Å²) in [5.74, 6) is 0.575. The van der Waals surface area contributed by atoms with Gasteiger partial charge in [-0.05, 0) is 85.3 Å². The number of rotatable bonds is 8. The Bertz CT molecular complexity index is 3280. The lowest BCUT2D eigenvalue weighted by atomic mass is 9.93. The monoisotopic (exact) mass is 770 g/mol. The quantitative estimate of drug-likeness (QED) is 0.109. The van der Waals surface area contributed by atoms with Gasteiger partial charge in [0.25, 0.3) is 0 Å². The molecular formula is C56H38N2S. The third-order valence-corrected chi connectivity index (χ3v) is 12.2. The van der Waals surface area contributed by atoms with Crippen LogP contribution in [0.1, 0.15) is 16.7 Å². The van der Waals surface area contributed by atoms with Gasteiger partial charge in [0, 0.05) is 36.9 Å². The minimum atomic E-state index is 0.575. The van der Waals surface area contributed by atoms with Crippen LogP contribution in [0.2, 0.25) is 0 Å². The van der Waals surface area contributed by atoms with Crippen molar-refractivity contribution in [2.24, 2.45) is 9.98 Å². The smallest absolute Gasteiger partial charge is 0.160 e. The van der Waals surface area contributed by atoms with Crippen molar-refractivity contribution in [1.82, 2.24) is 0 Å². The van der Waals surface area contributed by atoms with Crippen molar-refractivity contribution < 1.29 is 0 Å². The molecule has 0 saturated carbocycles.